The molecule has 0 unspecified atom stereocenters. The predicted octanol–water partition coefficient (Wildman–Crippen LogP) is 6.32. The first-order chi connectivity index (χ1) is 13.8. The predicted molar refractivity (Wildman–Crippen MR) is 119 cm³/mol. The summed E-state index contributed by atoms with van der Waals surface area (Å²) in [5.74, 6) is 0. The fourth-order valence-electron chi connectivity index (χ4n) is 2.89. The standard InChI is InChI=1S/C26H26O2/c1-27-19-25-15-11-23(12-16-25)9-7-21-3-5-22(6-4-21)8-10-24-13-17-26(18-14-24)20-28-2/h3-18H,19-20H2,1-2H3/b9-7+,10-8+. The summed E-state index contributed by atoms with van der Waals surface area (Å²) in [5, 5.41) is 0. The maximum atomic E-state index is 5.14. The van der Waals surface area contributed by atoms with Crippen LogP contribution in [0, 0.1) is 0 Å². The lowest BCUT2D eigenvalue weighted by atomic mass is 10.1. The molecule has 2 nitrogen and oxygen atoms in total. The van der Waals surface area contributed by atoms with Gasteiger partial charge in [-0.1, -0.05) is 97.1 Å². The average Bonchev–Trinajstić information content (AvgIpc) is 2.74. The monoisotopic (exact) mass is 370 g/mol. The molecule has 2 heteroatoms. The van der Waals surface area contributed by atoms with Gasteiger partial charge in [-0.15, -0.1) is 0 Å². The van der Waals surface area contributed by atoms with Crippen molar-refractivity contribution in [2.75, 3.05) is 14.2 Å². The van der Waals surface area contributed by atoms with Crippen LogP contribution in [0.4, 0.5) is 0 Å². The van der Waals surface area contributed by atoms with Crippen molar-refractivity contribution in [2.24, 2.45) is 0 Å². The molecule has 3 aromatic rings. The number of ether oxygens (including phenoxy) is 2. The van der Waals surface area contributed by atoms with Crippen LogP contribution >= 0.6 is 0 Å². The van der Waals surface area contributed by atoms with Gasteiger partial charge in [0.2, 0.25) is 0 Å². The number of hydrogen-bond donors (Lipinski definition) is 0. The number of rotatable bonds is 8. The van der Waals surface area contributed by atoms with Crippen molar-refractivity contribution in [1.82, 2.24) is 0 Å². The lowest BCUT2D eigenvalue weighted by molar-refractivity contribution is 0.185. The minimum Gasteiger partial charge on any atom is -0.380 e. The smallest absolute Gasteiger partial charge is 0.0713 e. The molecule has 0 atom stereocenters. The third kappa shape index (κ3) is 6.05. The second kappa shape index (κ2) is 10.4. The molecule has 0 N–H and O–H groups in total. The first-order valence-corrected chi connectivity index (χ1v) is 9.39. The first kappa shape index (κ1) is 19.8. The molecule has 28 heavy (non-hydrogen) atoms. The van der Waals surface area contributed by atoms with Gasteiger partial charge in [0, 0.05) is 14.2 Å². The van der Waals surface area contributed by atoms with E-state index in [1.54, 1.807) is 14.2 Å². The van der Waals surface area contributed by atoms with Crippen molar-refractivity contribution >= 4 is 24.3 Å². The van der Waals surface area contributed by atoms with Crippen LogP contribution in [-0.2, 0) is 22.7 Å². The van der Waals surface area contributed by atoms with Crippen molar-refractivity contribution in [3.05, 3.63) is 106 Å². The highest BCUT2D eigenvalue weighted by Crippen LogP contribution is 2.14. The van der Waals surface area contributed by atoms with E-state index < -0.39 is 0 Å². The van der Waals surface area contributed by atoms with E-state index in [4.69, 9.17) is 9.47 Å². The highest BCUT2D eigenvalue weighted by Gasteiger charge is 1.94. The Labute approximate surface area is 167 Å². The Kier molecular flexibility index (Phi) is 7.36. The Balaban J connectivity index is 1.59. The van der Waals surface area contributed by atoms with E-state index >= 15 is 0 Å². The van der Waals surface area contributed by atoms with Gasteiger partial charge in [-0.3, -0.25) is 0 Å². The lowest BCUT2D eigenvalue weighted by Crippen LogP contribution is -1.86. The first-order valence-electron chi connectivity index (χ1n) is 9.39. The fourth-order valence-corrected chi connectivity index (χ4v) is 2.89. The van der Waals surface area contributed by atoms with Gasteiger partial charge < -0.3 is 9.47 Å². The Bertz CT molecular complexity index is 824. The van der Waals surface area contributed by atoms with Crippen LogP contribution < -0.4 is 0 Å². The van der Waals surface area contributed by atoms with Crippen LogP contribution in [0.1, 0.15) is 33.4 Å². The highest BCUT2D eigenvalue weighted by molar-refractivity contribution is 5.73. The Morgan fingerprint density at radius 2 is 0.714 bits per heavy atom. The van der Waals surface area contributed by atoms with Crippen molar-refractivity contribution in [2.45, 2.75) is 13.2 Å². The van der Waals surface area contributed by atoms with Crippen LogP contribution in [0.2, 0.25) is 0 Å². The molecule has 142 valence electrons. The lowest BCUT2D eigenvalue weighted by Gasteiger charge is -2.01. The SMILES string of the molecule is COCc1ccc(/C=C/c2ccc(/C=C/c3ccc(COC)cc3)cc2)cc1. The Morgan fingerprint density at radius 3 is 0.964 bits per heavy atom. The van der Waals surface area contributed by atoms with Gasteiger partial charge in [-0.05, 0) is 33.4 Å². The second-order valence-electron chi connectivity index (χ2n) is 6.68. The van der Waals surface area contributed by atoms with E-state index in [0.717, 1.165) is 0 Å². The van der Waals surface area contributed by atoms with Crippen LogP contribution in [0.25, 0.3) is 24.3 Å². The van der Waals surface area contributed by atoms with E-state index in [9.17, 15) is 0 Å². The molecule has 0 aromatic heterocycles. The van der Waals surface area contributed by atoms with E-state index in [2.05, 4.69) is 97.1 Å². The zero-order chi connectivity index (χ0) is 19.6. The molecule has 0 bridgehead atoms. The van der Waals surface area contributed by atoms with Crippen LogP contribution in [0.3, 0.4) is 0 Å². The van der Waals surface area contributed by atoms with E-state index in [-0.39, 0.29) is 0 Å². The number of methoxy groups -OCH3 is 2. The van der Waals surface area contributed by atoms with Crippen molar-refractivity contribution in [3.63, 3.8) is 0 Å². The quantitative estimate of drug-likeness (QED) is 0.432. The zero-order valence-electron chi connectivity index (χ0n) is 16.5. The van der Waals surface area contributed by atoms with Crippen LogP contribution in [0.5, 0.6) is 0 Å². The second-order valence-corrected chi connectivity index (χ2v) is 6.68. The van der Waals surface area contributed by atoms with E-state index in [1.807, 2.05) is 0 Å². The van der Waals surface area contributed by atoms with Gasteiger partial charge in [0.25, 0.3) is 0 Å². The minimum atomic E-state index is 0.649. The normalized spacial score (nSPS) is 11.5. The van der Waals surface area contributed by atoms with Crippen LogP contribution in [0.15, 0.2) is 72.8 Å². The third-order valence-electron chi connectivity index (χ3n) is 4.45. The molecule has 3 aromatic carbocycles. The Morgan fingerprint density at radius 1 is 0.464 bits per heavy atom. The Hall–Kier alpha value is -2.94. The highest BCUT2D eigenvalue weighted by atomic mass is 16.5. The molecule has 0 heterocycles. The van der Waals surface area contributed by atoms with Crippen molar-refractivity contribution in [3.8, 4) is 0 Å². The van der Waals surface area contributed by atoms with Gasteiger partial charge in [-0.25, -0.2) is 0 Å². The van der Waals surface area contributed by atoms with Gasteiger partial charge in [0.15, 0.2) is 0 Å². The fraction of sp³-hybridized carbons (Fsp3) is 0.154. The molecule has 0 amide bonds. The van der Waals surface area contributed by atoms with Crippen molar-refractivity contribution in [1.29, 1.82) is 0 Å². The molecule has 0 aliphatic carbocycles. The van der Waals surface area contributed by atoms with Crippen molar-refractivity contribution < 1.29 is 9.47 Å². The molecule has 0 aliphatic heterocycles. The summed E-state index contributed by atoms with van der Waals surface area (Å²) >= 11 is 0. The number of benzene rings is 3. The summed E-state index contributed by atoms with van der Waals surface area (Å²) in [6.45, 7) is 1.30. The summed E-state index contributed by atoms with van der Waals surface area (Å²) in [6.07, 6.45) is 8.52. The molecule has 3 rings (SSSR count). The summed E-state index contributed by atoms with van der Waals surface area (Å²) in [6, 6.07) is 25.4. The molecule has 0 fully saturated rings. The minimum absolute atomic E-state index is 0.649. The summed E-state index contributed by atoms with van der Waals surface area (Å²) in [4.78, 5) is 0. The number of hydrogen-bond acceptors (Lipinski definition) is 2. The third-order valence-corrected chi connectivity index (χ3v) is 4.45. The van der Waals surface area contributed by atoms with E-state index in [1.165, 1.54) is 33.4 Å². The largest absolute Gasteiger partial charge is 0.380 e. The summed E-state index contributed by atoms with van der Waals surface area (Å²) in [5.41, 5.74) is 7.10. The molecular formula is C26H26O2. The van der Waals surface area contributed by atoms with E-state index in [0.29, 0.717) is 13.2 Å². The molecule has 0 saturated heterocycles. The molecule has 0 radical (unpaired) electrons. The summed E-state index contributed by atoms with van der Waals surface area (Å²) in [7, 11) is 3.43. The molecular weight excluding hydrogens is 344 g/mol. The van der Waals surface area contributed by atoms with Gasteiger partial charge in [0.1, 0.15) is 0 Å². The molecule has 0 spiro atoms. The molecule has 0 aliphatic rings. The topological polar surface area (TPSA) is 18.5 Å². The molecule has 0 saturated carbocycles. The van der Waals surface area contributed by atoms with Crippen LogP contribution in [-0.4, -0.2) is 14.2 Å². The van der Waals surface area contributed by atoms with Gasteiger partial charge >= 0.3 is 0 Å². The summed E-state index contributed by atoms with van der Waals surface area (Å²) < 4.78 is 10.3. The zero-order valence-corrected chi connectivity index (χ0v) is 16.5. The van der Waals surface area contributed by atoms with Gasteiger partial charge in [-0.2, -0.15) is 0 Å². The average molecular weight is 370 g/mol. The maximum absolute atomic E-state index is 5.14. The maximum Gasteiger partial charge on any atom is 0.0713 e. The van der Waals surface area contributed by atoms with Gasteiger partial charge in [0.05, 0.1) is 13.2 Å².